The van der Waals surface area contributed by atoms with Crippen LogP contribution in [0.4, 0.5) is 4.79 Å². The second-order valence-electron chi connectivity index (χ2n) is 4.50. The Balaban J connectivity index is 1.98. The van der Waals surface area contributed by atoms with Crippen LogP contribution < -0.4 is 14.8 Å². The van der Waals surface area contributed by atoms with E-state index in [4.69, 9.17) is 14.2 Å². The lowest BCUT2D eigenvalue weighted by Gasteiger charge is -2.14. The van der Waals surface area contributed by atoms with Crippen molar-refractivity contribution in [1.82, 2.24) is 5.32 Å². The molecule has 1 amide bonds. The first-order valence-electron chi connectivity index (χ1n) is 6.66. The number of ether oxygens (including phenoxy) is 3. The van der Waals surface area contributed by atoms with Crippen LogP contribution in [0, 0.1) is 0 Å². The van der Waals surface area contributed by atoms with Crippen molar-refractivity contribution < 1.29 is 24.1 Å². The molecule has 1 atom stereocenters. The number of amides is 1. The maximum Gasteiger partial charge on any atom is 0.407 e. The summed E-state index contributed by atoms with van der Waals surface area (Å²) in [6, 6.07) is 5.30. The first kappa shape index (κ1) is 14.5. The van der Waals surface area contributed by atoms with Crippen LogP contribution in [-0.2, 0) is 11.3 Å². The van der Waals surface area contributed by atoms with Crippen LogP contribution in [0.2, 0.25) is 0 Å². The number of carbonyl (C=O) groups is 1. The number of nitrogens with one attached hydrogen (secondary N) is 1. The number of hydrogen-bond acceptors (Lipinski definition) is 5. The lowest BCUT2D eigenvalue weighted by molar-refractivity contribution is 0.103. The summed E-state index contributed by atoms with van der Waals surface area (Å²) in [5.74, 6) is 1.24. The zero-order valence-corrected chi connectivity index (χ0v) is 11.4. The number of hydrogen-bond donors (Lipinski definition) is 2. The molecule has 1 aromatic rings. The minimum Gasteiger partial charge on any atom is -0.493 e. The topological polar surface area (TPSA) is 77.0 Å². The summed E-state index contributed by atoms with van der Waals surface area (Å²) in [5.41, 5.74) is 0.672. The van der Waals surface area contributed by atoms with E-state index in [2.05, 4.69) is 5.32 Å². The number of aliphatic hydroxyl groups is 1. The molecule has 0 aromatic heterocycles. The van der Waals surface area contributed by atoms with Gasteiger partial charge in [-0.05, 0) is 18.6 Å². The Kier molecular flexibility index (Phi) is 5.06. The van der Waals surface area contributed by atoms with Gasteiger partial charge in [-0.25, -0.2) is 4.79 Å². The van der Waals surface area contributed by atoms with Gasteiger partial charge in [0.05, 0.1) is 19.8 Å². The van der Waals surface area contributed by atoms with Gasteiger partial charge in [0.2, 0.25) is 0 Å². The van der Waals surface area contributed by atoms with Gasteiger partial charge in [0, 0.05) is 11.6 Å². The fourth-order valence-corrected chi connectivity index (χ4v) is 1.82. The predicted molar refractivity (Wildman–Crippen MR) is 71.9 cm³/mol. The van der Waals surface area contributed by atoms with Gasteiger partial charge in [0.1, 0.15) is 18.1 Å². The van der Waals surface area contributed by atoms with Crippen LogP contribution >= 0.6 is 0 Å². The third kappa shape index (κ3) is 3.77. The zero-order valence-electron chi connectivity index (χ0n) is 11.4. The van der Waals surface area contributed by atoms with E-state index < -0.39 is 6.09 Å². The third-order valence-electron chi connectivity index (χ3n) is 2.85. The SMILES string of the molecule is CCCOc1ccc(CO)c(OCC2CNC(=O)O2)c1. The number of carbonyl (C=O) groups excluding carboxylic acids is 1. The molecule has 0 saturated carbocycles. The summed E-state index contributed by atoms with van der Waals surface area (Å²) in [6.07, 6.45) is 0.178. The molecule has 20 heavy (non-hydrogen) atoms. The van der Waals surface area contributed by atoms with Crippen molar-refractivity contribution in [2.24, 2.45) is 0 Å². The molecular weight excluding hydrogens is 262 g/mol. The Morgan fingerprint density at radius 3 is 2.95 bits per heavy atom. The fraction of sp³-hybridized carbons (Fsp3) is 0.500. The quantitative estimate of drug-likeness (QED) is 0.791. The average Bonchev–Trinajstić information content (AvgIpc) is 2.88. The molecule has 0 radical (unpaired) electrons. The van der Waals surface area contributed by atoms with Crippen LogP contribution in [-0.4, -0.2) is 37.1 Å². The number of alkyl carbamates (subject to hydrolysis) is 1. The highest BCUT2D eigenvalue weighted by Crippen LogP contribution is 2.25. The molecule has 110 valence electrons. The van der Waals surface area contributed by atoms with Crippen molar-refractivity contribution in [3.63, 3.8) is 0 Å². The van der Waals surface area contributed by atoms with Gasteiger partial charge in [-0.15, -0.1) is 0 Å². The lowest BCUT2D eigenvalue weighted by Crippen LogP contribution is -2.22. The number of aliphatic hydroxyl groups excluding tert-OH is 1. The fourth-order valence-electron chi connectivity index (χ4n) is 1.82. The minimum atomic E-state index is -0.430. The van der Waals surface area contributed by atoms with Crippen molar-refractivity contribution in [2.75, 3.05) is 19.8 Å². The van der Waals surface area contributed by atoms with Crippen LogP contribution in [0.5, 0.6) is 11.5 Å². The molecule has 2 N–H and O–H groups in total. The van der Waals surface area contributed by atoms with Crippen molar-refractivity contribution in [1.29, 1.82) is 0 Å². The summed E-state index contributed by atoms with van der Waals surface area (Å²) < 4.78 is 16.1. The Labute approximate surface area is 117 Å². The van der Waals surface area contributed by atoms with E-state index in [1.165, 1.54) is 0 Å². The van der Waals surface area contributed by atoms with E-state index in [-0.39, 0.29) is 19.3 Å². The summed E-state index contributed by atoms with van der Waals surface area (Å²) in [5, 5.41) is 11.9. The molecule has 0 bridgehead atoms. The summed E-state index contributed by atoms with van der Waals surface area (Å²) in [6.45, 7) is 3.21. The molecule has 0 aliphatic carbocycles. The van der Waals surface area contributed by atoms with Gasteiger partial charge in [-0.2, -0.15) is 0 Å². The van der Waals surface area contributed by atoms with Gasteiger partial charge < -0.3 is 24.6 Å². The van der Waals surface area contributed by atoms with Gasteiger partial charge in [0.25, 0.3) is 0 Å². The largest absolute Gasteiger partial charge is 0.493 e. The van der Waals surface area contributed by atoms with E-state index in [1.54, 1.807) is 18.2 Å². The molecule has 6 nitrogen and oxygen atoms in total. The van der Waals surface area contributed by atoms with Gasteiger partial charge in [0.15, 0.2) is 6.10 Å². The Bertz CT molecular complexity index is 463. The molecule has 1 aliphatic heterocycles. The van der Waals surface area contributed by atoms with E-state index in [1.807, 2.05) is 6.92 Å². The van der Waals surface area contributed by atoms with Crippen molar-refractivity contribution in [3.8, 4) is 11.5 Å². The second-order valence-corrected chi connectivity index (χ2v) is 4.50. The predicted octanol–water partition coefficient (Wildman–Crippen LogP) is 1.45. The molecule has 1 fully saturated rings. The van der Waals surface area contributed by atoms with Gasteiger partial charge >= 0.3 is 6.09 Å². The Hall–Kier alpha value is -1.95. The van der Waals surface area contributed by atoms with Gasteiger partial charge in [-0.3, -0.25) is 0 Å². The van der Waals surface area contributed by atoms with Crippen LogP contribution in [0.3, 0.4) is 0 Å². The van der Waals surface area contributed by atoms with E-state index in [0.29, 0.717) is 30.2 Å². The van der Waals surface area contributed by atoms with Crippen LogP contribution in [0.1, 0.15) is 18.9 Å². The first-order valence-corrected chi connectivity index (χ1v) is 6.66. The maximum absolute atomic E-state index is 10.9. The number of rotatable bonds is 7. The lowest BCUT2D eigenvalue weighted by atomic mass is 10.2. The molecular formula is C14H19NO5. The number of benzene rings is 1. The zero-order chi connectivity index (χ0) is 14.4. The van der Waals surface area contributed by atoms with E-state index in [9.17, 15) is 9.90 Å². The molecule has 1 unspecified atom stereocenters. The number of cyclic esters (lactones) is 1. The van der Waals surface area contributed by atoms with E-state index in [0.717, 1.165) is 6.42 Å². The maximum atomic E-state index is 10.9. The monoisotopic (exact) mass is 281 g/mol. The molecule has 1 aliphatic rings. The molecule has 1 saturated heterocycles. The summed E-state index contributed by atoms with van der Waals surface area (Å²) >= 11 is 0. The average molecular weight is 281 g/mol. The van der Waals surface area contributed by atoms with Crippen molar-refractivity contribution in [2.45, 2.75) is 26.1 Å². The van der Waals surface area contributed by atoms with Crippen molar-refractivity contribution in [3.05, 3.63) is 23.8 Å². The second kappa shape index (κ2) is 7.00. The Morgan fingerprint density at radius 1 is 1.45 bits per heavy atom. The minimum absolute atomic E-state index is 0.119. The molecule has 1 aromatic carbocycles. The summed E-state index contributed by atoms with van der Waals surface area (Å²) in [4.78, 5) is 10.9. The van der Waals surface area contributed by atoms with Gasteiger partial charge in [-0.1, -0.05) is 6.92 Å². The highest BCUT2D eigenvalue weighted by molar-refractivity contribution is 5.69. The standard InChI is InChI=1S/C14H19NO5/c1-2-5-18-11-4-3-10(8-16)13(6-11)19-9-12-7-15-14(17)20-12/h3-4,6,12,16H,2,5,7-9H2,1H3,(H,15,17). The smallest absolute Gasteiger partial charge is 0.407 e. The molecule has 1 heterocycles. The third-order valence-corrected chi connectivity index (χ3v) is 2.85. The Morgan fingerprint density at radius 2 is 2.30 bits per heavy atom. The first-order chi connectivity index (χ1) is 9.72. The van der Waals surface area contributed by atoms with Crippen LogP contribution in [0.15, 0.2) is 18.2 Å². The van der Waals surface area contributed by atoms with Crippen LogP contribution in [0.25, 0.3) is 0 Å². The normalized spacial score (nSPS) is 17.5. The molecule has 0 spiro atoms. The highest BCUT2D eigenvalue weighted by Gasteiger charge is 2.23. The molecule has 2 rings (SSSR count). The highest BCUT2D eigenvalue weighted by atomic mass is 16.6. The van der Waals surface area contributed by atoms with Crippen molar-refractivity contribution >= 4 is 6.09 Å². The summed E-state index contributed by atoms with van der Waals surface area (Å²) in [7, 11) is 0. The van der Waals surface area contributed by atoms with E-state index >= 15 is 0 Å². The molecule has 6 heteroatoms.